The largest absolute Gasteiger partial charge is 0.497 e. The fourth-order valence-corrected chi connectivity index (χ4v) is 2.67. The Morgan fingerprint density at radius 3 is 2.35 bits per heavy atom. The third-order valence-corrected chi connectivity index (χ3v) is 4.03. The molecule has 3 rings (SSSR count). The quantitative estimate of drug-likeness (QED) is 0.763. The number of hydrogen-bond acceptors (Lipinski definition) is 3. The zero-order valence-corrected chi connectivity index (χ0v) is 14.2. The lowest BCUT2D eigenvalue weighted by Crippen LogP contribution is -2.32. The maximum Gasteiger partial charge on any atom is 0.258 e. The molecule has 1 unspecified atom stereocenters. The molecular weight excluding hydrogens is 340 g/mol. The molecule has 0 aliphatic heterocycles. The summed E-state index contributed by atoms with van der Waals surface area (Å²) in [6.45, 7) is 0. The highest BCUT2D eigenvalue weighted by Gasteiger charge is 2.24. The predicted octanol–water partition coefficient (Wildman–Crippen LogP) is 3.23. The fourth-order valence-electron chi connectivity index (χ4n) is 2.67. The summed E-state index contributed by atoms with van der Waals surface area (Å²) in [5.41, 5.74) is 0.0745. The number of halogens is 2. The van der Waals surface area contributed by atoms with Crippen molar-refractivity contribution in [3.8, 4) is 5.75 Å². The molecule has 0 aliphatic rings. The van der Waals surface area contributed by atoms with Gasteiger partial charge in [-0.05, 0) is 29.8 Å². The van der Waals surface area contributed by atoms with Gasteiger partial charge in [-0.3, -0.25) is 4.79 Å². The van der Waals surface area contributed by atoms with E-state index in [1.165, 1.54) is 6.07 Å². The van der Waals surface area contributed by atoms with E-state index in [4.69, 9.17) is 4.74 Å². The number of imidazole rings is 1. The third-order valence-electron chi connectivity index (χ3n) is 4.03. The Kier molecular flexibility index (Phi) is 4.97. The van der Waals surface area contributed by atoms with Gasteiger partial charge in [0.05, 0.1) is 7.11 Å². The van der Waals surface area contributed by atoms with E-state index >= 15 is 0 Å². The molecule has 0 saturated carbocycles. The van der Waals surface area contributed by atoms with Crippen LogP contribution in [-0.2, 0) is 7.05 Å². The minimum Gasteiger partial charge on any atom is -0.497 e. The van der Waals surface area contributed by atoms with Gasteiger partial charge in [0.2, 0.25) is 0 Å². The summed E-state index contributed by atoms with van der Waals surface area (Å²) in [7, 11) is 3.32. The number of methoxy groups -OCH3 is 1. The molecule has 2 aromatic carbocycles. The average molecular weight is 357 g/mol. The van der Waals surface area contributed by atoms with E-state index in [9.17, 15) is 13.6 Å². The molecule has 0 aliphatic carbocycles. The van der Waals surface area contributed by atoms with Gasteiger partial charge < -0.3 is 14.6 Å². The van der Waals surface area contributed by atoms with Crippen LogP contribution in [0.25, 0.3) is 0 Å². The van der Waals surface area contributed by atoms with Crippen LogP contribution >= 0.6 is 0 Å². The topological polar surface area (TPSA) is 56.1 Å². The number of carbonyl (C=O) groups is 1. The molecule has 0 bridgehead atoms. The lowest BCUT2D eigenvalue weighted by Gasteiger charge is -2.20. The van der Waals surface area contributed by atoms with Crippen molar-refractivity contribution >= 4 is 5.91 Å². The van der Waals surface area contributed by atoms with Gasteiger partial charge in [-0.2, -0.15) is 0 Å². The molecule has 3 aromatic rings. The Labute approximate surface area is 149 Å². The lowest BCUT2D eigenvalue weighted by molar-refractivity contribution is 0.0932. The summed E-state index contributed by atoms with van der Waals surface area (Å²) < 4.78 is 34.7. The van der Waals surface area contributed by atoms with Gasteiger partial charge >= 0.3 is 0 Å². The molecule has 0 saturated heterocycles. The molecule has 1 N–H and O–H groups in total. The van der Waals surface area contributed by atoms with E-state index in [0.717, 1.165) is 12.1 Å². The Morgan fingerprint density at radius 2 is 1.81 bits per heavy atom. The van der Waals surface area contributed by atoms with Gasteiger partial charge in [0.15, 0.2) is 0 Å². The highest BCUT2D eigenvalue weighted by atomic mass is 19.1. The summed E-state index contributed by atoms with van der Waals surface area (Å²) in [5, 5.41) is 2.67. The van der Waals surface area contributed by atoms with Gasteiger partial charge in [0.1, 0.15) is 34.8 Å². The summed E-state index contributed by atoms with van der Waals surface area (Å²) in [6.07, 6.45) is 3.31. The Morgan fingerprint density at radius 1 is 1.15 bits per heavy atom. The first-order valence-electron chi connectivity index (χ1n) is 7.87. The number of nitrogens with zero attached hydrogens (tertiary/aromatic N) is 2. The maximum absolute atomic E-state index is 13.9. The second-order valence-corrected chi connectivity index (χ2v) is 5.67. The summed E-state index contributed by atoms with van der Waals surface area (Å²) in [5.74, 6) is -1.52. The van der Waals surface area contributed by atoms with Crippen molar-refractivity contribution < 1.29 is 18.3 Å². The molecule has 0 spiro atoms. The average Bonchev–Trinajstić information content (AvgIpc) is 3.05. The van der Waals surface area contributed by atoms with Crippen molar-refractivity contribution in [2.75, 3.05) is 7.11 Å². The van der Waals surface area contributed by atoms with Crippen LogP contribution < -0.4 is 10.1 Å². The Balaban J connectivity index is 1.98. The first-order chi connectivity index (χ1) is 12.5. The molecule has 1 heterocycles. The third kappa shape index (κ3) is 3.42. The van der Waals surface area contributed by atoms with E-state index in [2.05, 4.69) is 10.3 Å². The predicted molar refractivity (Wildman–Crippen MR) is 91.9 cm³/mol. The smallest absolute Gasteiger partial charge is 0.258 e. The van der Waals surface area contributed by atoms with Gasteiger partial charge in [-0.25, -0.2) is 13.8 Å². The number of amides is 1. The number of nitrogens with one attached hydrogen (secondary N) is 1. The van der Waals surface area contributed by atoms with Crippen LogP contribution in [0.3, 0.4) is 0 Å². The molecule has 0 radical (unpaired) electrons. The second kappa shape index (κ2) is 7.35. The van der Waals surface area contributed by atoms with E-state index < -0.39 is 29.1 Å². The monoisotopic (exact) mass is 357 g/mol. The summed E-state index contributed by atoms with van der Waals surface area (Å²) >= 11 is 0. The molecule has 0 fully saturated rings. The van der Waals surface area contributed by atoms with Crippen LogP contribution in [-0.4, -0.2) is 22.6 Å². The van der Waals surface area contributed by atoms with Crippen molar-refractivity contribution in [1.82, 2.24) is 14.9 Å². The fraction of sp³-hybridized carbons (Fsp3) is 0.158. The van der Waals surface area contributed by atoms with E-state index in [1.54, 1.807) is 55.4 Å². The normalized spacial score (nSPS) is 11.8. The van der Waals surface area contributed by atoms with Crippen LogP contribution in [0.4, 0.5) is 8.78 Å². The van der Waals surface area contributed by atoms with Crippen molar-refractivity contribution in [2.45, 2.75) is 6.04 Å². The zero-order chi connectivity index (χ0) is 18.7. The van der Waals surface area contributed by atoms with Gasteiger partial charge in [0.25, 0.3) is 5.91 Å². The Hall–Kier alpha value is -3.22. The number of aromatic nitrogens is 2. The molecule has 1 amide bonds. The standard InChI is InChI=1S/C19H17F2N3O2/c1-24-11-10-22-18(24)17(12-6-8-13(26-2)9-7-12)23-19(25)16-14(20)4-3-5-15(16)21/h3-11,17H,1-2H3,(H,23,25). The highest BCUT2D eigenvalue weighted by molar-refractivity contribution is 5.95. The summed E-state index contributed by atoms with van der Waals surface area (Å²) in [6, 6.07) is 9.60. The molecule has 1 aromatic heterocycles. The van der Waals surface area contributed by atoms with Crippen molar-refractivity contribution in [3.63, 3.8) is 0 Å². The second-order valence-electron chi connectivity index (χ2n) is 5.67. The van der Waals surface area contributed by atoms with Crippen molar-refractivity contribution in [1.29, 1.82) is 0 Å². The number of carbonyl (C=O) groups excluding carboxylic acids is 1. The van der Waals surface area contributed by atoms with E-state index in [0.29, 0.717) is 17.1 Å². The van der Waals surface area contributed by atoms with Crippen molar-refractivity contribution in [3.05, 3.63) is 83.4 Å². The van der Waals surface area contributed by atoms with Crippen molar-refractivity contribution in [2.24, 2.45) is 7.05 Å². The molecule has 7 heteroatoms. The summed E-state index contributed by atoms with van der Waals surface area (Å²) in [4.78, 5) is 16.8. The van der Waals surface area contributed by atoms with Crippen LogP contribution in [0.1, 0.15) is 27.8 Å². The molecule has 26 heavy (non-hydrogen) atoms. The Bertz CT molecular complexity index is 903. The number of rotatable bonds is 5. The van der Waals surface area contributed by atoms with Gasteiger partial charge in [-0.1, -0.05) is 18.2 Å². The molecule has 134 valence electrons. The lowest BCUT2D eigenvalue weighted by atomic mass is 10.0. The highest BCUT2D eigenvalue weighted by Crippen LogP contribution is 2.24. The zero-order valence-electron chi connectivity index (χ0n) is 14.2. The van der Waals surface area contributed by atoms with Crippen LogP contribution in [0.2, 0.25) is 0 Å². The SMILES string of the molecule is COc1ccc(C(NC(=O)c2c(F)cccc2F)c2nccn2C)cc1. The van der Waals surface area contributed by atoms with Crippen LogP contribution in [0.15, 0.2) is 54.9 Å². The molecular formula is C19H17F2N3O2. The minimum absolute atomic E-state index is 0.528. The van der Waals surface area contributed by atoms with E-state index in [1.807, 2.05) is 0 Å². The maximum atomic E-state index is 13.9. The number of hydrogen-bond donors (Lipinski definition) is 1. The van der Waals surface area contributed by atoms with Crippen LogP contribution in [0.5, 0.6) is 5.75 Å². The molecule has 5 nitrogen and oxygen atoms in total. The van der Waals surface area contributed by atoms with Gasteiger partial charge in [-0.15, -0.1) is 0 Å². The minimum atomic E-state index is -0.921. The number of benzene rings is 2. The number of aryl methyl sites for hydroxylation is 1. The van der Waals surface area contributed by atoms with E-state index in [-0.39, 0.29) is 0 Å². The van der Waals surface area contributed by atoms with Crippen LogP contribution in [0, 0.1) is 11.6 Å². The molecule has 1 atom stereocenters. The first-order valence-corrected chi connectivity index (χ1v) is 7.87. The first kappa shape index (κ1) is 17.6. The number of ether oxygens (including phenoxy) is 1. The van der Waals surface area contributed by atoms with Gasteiger partial charge in [0, 0.05) is 19.4 Å².